The van der Waals surface area contributed by atoms with Crippen LogP contribution in [0.25, 0.3) is 11.0 Å². The van der Waals surface area contributed by atoms with E-state index in [1.165, 1.54) is 16.7 Å². The number of hydrogen-bond acceptors (Lipinski definition) is 6. The quantitative estimate of drug-likeness (QED) is 0.718. The summed E-state index contributed by atoms with van der Waals surface area (Å²) in [7, 11) is -3.71. The van der Waals surface area contributed by atoms with Crippen LogP contribution < -0.4 is 10.6 Å². The Hall–Kier alpha value is -2.45. The lowest BCUT2D eigenvalue weighted by Crippen LogP contribution is -2.41. The molecule has 3 atom stereocenters. The van der Waals surface area contributed by atoms with Crippen LogP contribution in [0.2, 0.25) is 0 Å². The molecule has 5 rings (SSSR count). The molecule has 1 saturated heterocycles. The molecule has 0 amide bonds. The van der Waals surface area contributed by atoms with Gasteiger partial charge in [-0.25, -0.2) is 22.4 Å². The zero-order valence-electron chi connectivity index (χ0n) is 15.0. The van der Waals surface area contributed by atoms with Crippen molar-refractivity contribution in [3.63, 3.8) is 0 Å². The summed E-state index contributed by atoms with van der Waals surface area (Å²) in [5, 5.41) is 7.75. The van der Waals surface area contributed by atoms with E-state index < -0.39 is 10.0 Å². The SMILES string of the molecule is Cc1ccc(S(=O)(=O)n2ccc3c(NC4CC5CNC4C5)ncnc32)cc1. The standard InChI is InChI=1S/C19H21N5O2S/c1-12-2-4-14(5-3-12)27(25,26)24-7-6-15-18(21-11-22-19(15)24)23-17-9-13-8-16(17)20-10-13/h2-7,11,13,16-17,20H,8-10H2,1H3,(H,21,22,23). The summed E-state index contributed by atoms with van der Waals surface area (Å²) in [6.07, 6.45) is 5.28. The predicted molar refractivity (Wildman–Crippen MR) is 103 cm³/mol. The number of anilines is 1. The predicted octanol–water partition coefficient (Wildman–Crippen LogP) is 2.14. The first-order chi connectivity index (χ1) is 13.0. The molecule has 2 fully saturated rings. The van der Waals surface area contributed by atoms with Gasteiger partial charge in [0, 0.05) is 18.3 Å². The number of fused-ring (bicyclic) bond motifs is 3. The summed E-state index contributed by atoms with van der Waals surface area (Å²) in [6.45, 7) is 3.02. The number of nitrogens with one attached hydrogen (secondary N) is 2. The van der Waals surface area contributed by atoms with Gasteiger partial charge in [-0.2, -0.15) is 0 Å². The molecule has 8 heteroatoms. The van der Waals surface area contributed by atoms with Crippen LogP contribution in [0.5, 0.6) is 0 Å². The van der Waals surface area contributed by atoms with Crippen molar-refractivity contribution in [2.75, 3.05) is 11.9 Å². The highest BCUT2D eigenvalue weighted by atomic mass is 32.2. The molecule has 2 bridgehead atoms. The summed E-state index contributed by atoms with van der Waals surface area (Å²) in [5.74, 6) is 1.41. The van der Waals surface area contributed by atoms with Crippen molar-refractivity contribution >= 4 is 26.9 Å². The molecule has 1 aliphatic carbocycles. The normalized spacial score (nSPS) is 24.6. The number of rotatable bonds is 4. The molecule has 3 unspecified atom stereocenters. The van der Waals surface area contributed by atoms with Crippen LogP contribution in [0.15, 0.2) is 47.8 Å². The van der Waals surface area contributed by atoms with Crippen LogP contribution >= 0.6 is 0 Å². The maximum Gasteiger partial charge on any atom is 0.269 e. The van der Waals surface area contributed by atoms with E-state index in [0.717, 1.165) is 29.8 Å². The topological polar surface area (TPSA) is 88.9 Å². The Kier molecular flexibility index (Phi) is 3.73. The van der Waals surface area contributed by atoms with Crippen LogP contribution in [0.4, 0.5) is 5.82 Å². The summed E-state index contributed by atoms with van der Waals surface area (Å²) in [5.41, 5.74) is 1.41. The van der Waals surface area contributed by atoms with Crippen LogP contribution in [-0.4, -0.2) is 41.0 Å². The second-order valence-electron chi connectivity index (χ2n) is 7.49. The van der Waals surface area contributed by atoms with E-state index in [4.69, 9.17) is 0 Å². The number of nitrogens with zero attached hydrogens (tertiary/aromatic N) is 3. The Balaban J connectivity index is 1.53. The molecule has 0 spiro atoms. The molecule has 0 radical (unpaired) electrons. The van der Waals surface area contributed by atoms with Gasteiger partial charge in [0.2, 0.25) is 0 Å². The van der Waals surface area contributed by atoms with Crippen LogP contribution in [0.3, 0.4) is 0 Å². The van der Waals surface area contributed by atoms with E-state index in [-0.39, 0.29) is 4.90 Å². The Morgan fingerprint density at radius 1 is 1.15 bits per heavy atom. The van der Waals surface area contributed by atoms with Crippen LogP contribution in [0, 0.1) is 12.8 Å². The molecule has 3 aromatic rings. The fourth-order valence-electron chi connectivity index (χ4n) is 4.25. The molecule has 2 aliphatic rings. The number of hydrogen-bond donors (Lipinski definition) is 2. The fourth-order valence-corrected chi connectivity index (χ4v) is 5.55. The van der Waals surface area contributed by atoms with E-state index in [9.17, 15) is 8.42 Å². The highest BCUT2D eigenvalue weighted by molar-refractivity contribution is 7.90. The summed E-state index contributed by atoms with van der Waals surface area (Å²) < 4.78 is 27.3. The van der Waals surface area contributed by atoms with E-state index in [1.807, 2.05) is 6.92 Å². The molecule has 7 nitrogen and oxygen atoms in total. The fraction of sp³-hybridized carbons (Fsp3) is 0.368. The van der Waals surface area contributed by atoms with Crippen LogP contribution in [-0.2, 0) is 10.0 Å². The monoisotopic (exact) mass is 383 g/mol. The third-order valence-electron chi connectivity index (χ3n) is 5.68. The molecule has 2 aromatic heterocycles. The average Bonchev–Trinajstić information content (AvgIpc) is 3.37. The van der Waals surface area contributed by atoms with Gasteiger partial charge in [0.15, 0.2) is 5.65 Å². The summed E-state index contributed by atoms with van der Waals surface area (Å²) in [6, 6.07) is 9.38. The van der Waals surface area contributed by atoms with Crippen molar-refractivity contribution in [2.45, 2.75) is 36.7 Å². The van der Waals surface area contributed by atoms with E-state index in [0.29, 0.717) is 23.5 Å². The van der Waals surface area contributed by atoms with Crippen molar-refractivity contribution in [2.24, 2.45) is 5.92 Å². The molecule has 1 aromatic carbocycles. The maximum atomic E-state index is 13.1. The molecule has 27 heavy (non-hydrogen) atoms. The molecule has 2 N–H and O–H groups in total. The van der Waals surface area contributed by atoms with Gasteiger partial charge >= 0.3 is 0 Å². The van der Waals surface area contributed by atoms with Crippen molar-refractivity contribution in [1.29, 1.82) is 0 Å². The third kappa shape index (κ3) is 2.71. The Morgan fingerprint density at radius 2 is 1.96 bits per heavy atom. The number of aromatic nitrogens is 3. The molecular weight excluding hydrogens is 362 g/mol. The second-order valence-corrected chi connectivity index (χ2v) is 9.31. The average molecular weight is 383 g/mol. The van der Waals surface area contributed by atoms with Crippen molar-refractivity contribution < 1.29 is 8.42 Å². The van der Waals surface area contributed by atoms with Crippen molar-refractivity contribution in [1.82, 2.24) is 19.3 Å². The molecular formula is C19H21N5O2S. The largest absolute Gasteiger partial charge is 0.365 e. The van der Waals surface area contributed by atoms with Gasteiger partial charge in [0.1, 0.15) is 12.1 Å². The summed E-state index contributed by atoms with van der Waals surface area (Å²) in [4.78, 5) is 8.87. The molecule has 3 heterocycles. The van der Waals surface area contributed by atoms with Crippen LogP contribution in [0.1, 0.15) is 18.4 Å². The lowest BCUT2D eigenvalue weighted by molar-refractivity contribution is 0.466. The van der Waals surface area contributed by atoms with Gasteiger partial charge in [-0.3, -0.25) is 0 Å². The van der Waals surface area contributed by atoms with Gasteiger partial charge in [0.05, 0.1) is 10.3 Å². The van der Waals surface area contributed by atoms with Crippen molar-refractivity contribution in [3.8, 4) is 0 Å². The van der Waals surface area contributed by atoms with Crippen molar-refractivity contribution in [3.05, 3.63) is 48.4 Å². The minimum Gasteiger partial charge on any atom is -0.365 e. The first kappa shape index (κ1) is 16.7. The molecule has 1 aliphatic heterocycles. The van der Waals surface area contributed by atoms with Gasteiger partial charge in [0.25, 0.3) is 10.0 Å². The first-order valence-electron chi connectivity index (χ1n) is 9.16. The first-order valence-corrected chi connectivity index (χ1v) is 10.6. The minimum absolute atomic E-state index is 0.246. The third-order valence-corrected chi connectivity index (χ3v) is 7.36. The maximum absolute atomic E-state index is 13.1. The smallest absolute Gasteiger partial charge is 0.269 e. The number of benzene rings is 1. The van der Waals surface area contributed by atoms with Gasteiger partial charge in [-0.15, -0.1) is 0 Å². The van der Waals surface area contributed by atoms with E-state index in [1.54, 1.807) is 36.5 Å². The van der Waals surface area contributed by atoms with E-state index in [2.05, 4.69) is 20.6 Å². The second kappa shape index (κ2) is 6.03. The highest BCUT2D eigenvalue weighted by Gasteiger charge is 2.39. The molecule has 1 saturated carbocycles. The number of piperidine rings is 1. The van der Waals surface area contributed by atoms with Gasteiger partial charge in [-0.05, 0) is 50.4 Å². The Morgan fingerprint density at radius 3 is 2.67 bits per heavy atom. The van der Waals surface area contributed by atoms with E-state index >= 15 is 0 Å². The van der Waals surface area contributed by atoms with Gasteiger partial charge in [-0.1, -0.05) is 17.7 Å². The zero-order chi connectivity index (χ0) is 18.6. The van der Waals surface area contributed by atoms with Gasteiger partial charge < -0.3 is 10.6 Å². The Bertz CT molecular complexity index is 1110. The lowest BCUT2D eigenvalue weighted by atomic mass is 10.1. The lowest BCUT2D eigenvalue weighted by Gasteiger charge is -2.24. The highest BCUT2D eigenvalue weighted by Crippen LogP contribution is 2.34. The summed E-state index contributed by atoms with van der Waals surface area (Å²) >= 11 is 0. The Labute approximate surface area is 157 Å². The molecule has 140 valence electrons. The minimum atomic E-state index is -3.71. The zero-order valence-corrected chi connectivity index (χ0v) is 15.8. The number of aryl methyl sites for hydroxylation is 1.